The van der Waals surface area contributed by atoms with Gasteiger partial charge in [-0.15, -0.1) is 0 Å². The maximum atomic E-state index is 12.6. The van der Waals surface area contributed by atoms with E-state index >= 15 is 0 Å². The average molecular weight is 337 g/mol. The molecule has 0 unspecified atom stereocenters. The number of carbonyl (C=O) groups is 1. The number of hydrogen-bond donors (Lipinski definition) is 1. The molecular formula is C22H27NO2. The highest BCUT2D eigenvalue weighted by molar-refractivity contribution is 5.94. The summed E-state index contributed by atoms with van der Waals surface area (Å²) in [5.41, 5.74) is 4.87. The Morgan fingerprint density at radius 1 is 1.04 bits per heavy atom. The standard InChI is InChI=1S/C22H27NO2/c1-3-16-9-12-19(13-10-16)23-22(24)21(4-2)25-20-14-11-17-7-5-6-8-18(17)15-20/h9-15,21H,3-8H2,1-2H3,(H,23,24)/t21-/m1/s1. The van der Waals surface area contributed by atoms with E-state index in [2.05, 4.69) is 24.4 Å². The largest absolute Gasteiger partial charge is 0.481 e. The predicted molar refractivity (Wildman–Crippen MR) is 102 cm³/mol. The van der Waals surface area contributed by atoms with Crippen molar-refractivity contribution < 1.29 is 9.53 Å². The number of rotatable bonds is 6. The molecule has 2 aromatic carbocycles. The van der Waals surface area contributed by atoms with E-state index in [1.54, 1.807) is 0 Å². The molecule has 1 aliphatic rings. The fourth-order valence-electron chi connectivity index (χ4n) is 3.32. The van der Waals surface area contributed by atoms with Crippen LogP contribution >= 0.6 is 0 Å². The lowest BCUT2D eigenvalue weighted by Gasteiger charge is -2.20. The van der Waals surface area contributed by atoms with Crippen molar-refractivity contribution in [2.75, 3.05) is 5.32 Å². The van der Waals surface area contributed by atoms with Crippen LogP contribution in [0.25, 0.3) is 0 Å². The number of amides is 1. The van der Waals surface area contributed by atoms with E-state index in [0.29, 0.717) is 6.42 Å². The van der Waals surface area contributed by atoms with Crippen molar-refractivity contribution in [3.63, 3.8) is 0 Å². The summed E-state index contributed by atoms with van der Waals surface area (Å²) in [7, 11) is 0. The summed E-state index contributed by atoms with van der Waals surface area (Å²) in [6, 6.07) is 14.2. The van der Waals surface area contributed by atoms with Crippen LogP contribution in [0.2, 0.25) is 0 Å². The Labute approximate surface area is 150 Å². The summed E-state index contributed by atoms with van der Waals surface area (Å²) in [6.07, 6.45) is 5.92. The Bertz CT molecular complexity index is 721. The zero-order valence-electron chi connectivity index (χ0n) is 15.2. The van der Waals surface area contributed by atoms with Crippen LogP contribution in [0.15, 0.2) is 42.5 Å². The number of aryl methyl sites for hydroxylation is 3. The highest BCUT2D eigenvalue weighted by Gasteiger charge is 2.19. The Balaban J connectivity index is 1.65. The summed E-state index contributed by atoms with van der Waals surface area (Å²) >= 11 is 0. The zero-order valence-corrected chi connectivity index (χ0v) is 15.2. The summed E-state index contributed by atoms with van der Waals surface area (Å²) in [4.78, 5) is 12.6. The number of anilines is 1. The lowest BCUT2D eigenvalue weighted by molar-refractivity contribution is -0.122. The Kier molecular flexibility index (Phi) is 5.75. The van der Waals surface area contributed by atoms with Crippen LogP contribution < -0.4 is 10.1 Å². The van der Waals surface area contributed by atoms with Gasteiger partial charge in [-0.2, -0.15) is 0 Å². The van der Waals surface area contributed by atoms with Crippen molar-refractivity contribution in [3.8, 4) is 5.75 Å². The van der Waals surface area contributed by atoms with Crippen LogP contribution in [0.3, 0.4) is 0 Å². The van der Waals surface area contributed by atoms with Gasteiger partial charge in [0.15, 0.2) is 6.10 Å². The van der Waals surface area contributed by atoms with Crippen LogP contribution in [-0.4, -0.2) is 12.0 Å². The second-order valence-corrected chi connectivity index (χ2v) is 6.69. The van der Waals surface area contributed by atoms with E-state index in [0.717, 1.165) is 30.7 Å². The van der Waals surface area contributed by atoms with Gasteiger partial charge in [0.05, 0.1) is 0 Å². The SMILES string of the molecule is CCc1ccc(NC(=O)[C@@H](CC)Oc2ccc3c(c2)CCCC3)cc1. The molecule has 25 heavy (non-hydrogen) atoms. The van der Waals surface area contributed by atoms with Crippen molar-refractivity contribution in [1.82, 2.24) is 0 Å². The van der Waals surface area contributed by atoms with E-state index in [-0.39, 0.29) is 5.91 Å². The Morgan fingerprint density at radius 2 is 1.76 bits per heavy atom. The number of ether oxygens (including phenoxy) is 1. The lowest BCUT2D eigenvalue weighted by atomic mass is 9.92. The van der Waals surface area contributed by atoms with Gasteiger partial charge in [0.1, 0.15) is 5.75 Å². The molecule has 0 aromatic heterocycles. The van der Waals surface area contributed by atoms with Gasteiger partial charge in [0.25, 0.3) is 5.91 Å². The minimum atomic E-state index is -0.479. The molecule has 132 valence electrons. The monoisotopic (exact) mass is 337 g/mol. The first-order valence-electron chi connectivity index (χ1n) is 9.38. The van der Waals surface area contributed by atoms with Crippen LogP contribution in [0, 0.1) is 0 Å². The third-order valence-corrected chi connectivity index (χ3v) is 4.89. The highest BCUT2D eigenvalue weighted by atomic mass is 16.5. The van der Waals surface area contributed by atoms with E-state index in [9.17, 15) is 4.79 Å². The molecule has 2 aromatic rings. The maximum Gasteiger partial charge on any atom is 0.265 e. The number of benzene rings is 2. The molecule has 0 bridgehead atoms. The first kappa shape index (κ1) is 17.5. The van der Waals surface area contributed by atoms with E-state index < -0.39 is 6.10 Å². The second kappa shape index (κ2) is 8.19. The second-order valence-electron chi connectivity index (χ2n) is 6.69. The molecule has 0 heterocycles. The van der Waals surface area contributed by atoms with Gasteiger partial charge in [0.2, 0.25) is 0 Å². The Morgan fingerprint density at radius 3 is 2.44 bits per heavy atom. The van der Waals surface area contributed by atoms with Crippen molar-refractivity contribution in [1.29, 1.82) is 0 Å². The van der Waals surface area contributed by atoms with E-state index in [1.807, 2.05) is 37.3 Å². The quantitative estimate of drug-likeness (QED) is 0.812. The number of hydrogen-bond acceptors (Lipinski definition) is 2. The number of nitrogens with one attached hydrogen (secondary N) is 1. The molecule has 3 heteroatoms. The molecule has 1 atom stereocenters. The number of fused-ring (bicyclic) bond motifs is 1. The molecule has 0 saturated carbocycles. The van der Waals surface area contributed by atoms with Gasteiger partial charge in [-0.05, 0) is 79.5 Å². The summed E-state index contributed by atoms with van der Waals surface area (Å²) in [5, 5.41) is 2.96. The molecule has 3 nitrogen and oxygen atoms in total. The third-order valence-electron chi connectivity index (χ3n) is 4.89. The van der Waals surface area contributed by atoms with Gasteiger partial charge in [-0.25, -0.2) is 0 Å². The molecule has 0 radical (unpaired) electrons. The van der Waals surface area contributed by atoms with Gasteiger partial charge in [-0.1, -0.05) is 32.0 Å². The maximum absolute atomic E-state index is 12.6. The molecule has 3 rings (SSSR count). The van der Waals surface area contributed by atoms with Crippen LogP contribution in [0.4, 0.5) is 5.69 Å². The van der Waals surface area contributed by atoms with Gasteiger partial charge >= 0.3 is 0 Å². The van der Waals surface area contributed by atoms with Crippen molar-refractivity contribution in [2.45, 2.75) is 58.5 Å². The van der Waals surface area contributed by atoms with Crippen LogP contribution in [0.5, 0.6) is 5.75 Å². The van der Waals surface area contributed by atoms with Gasteiger partial charge in [-0.3, -0.25) is 4.79 Å². The highest BCUT2D eigenvalue weighted by Crippen LogP contribution is 2.26. The minimum Gasteiger partial charge on any atom is -0.481 e. The lowest BCUT2D eigenvalue weighted by Crippen LogP contribution is -2.32. The zero-order chi connectivity index (χ0) is 17.6. The van der Waals surface area contributed by atoms with Gasteiger partial charge < -0.3 is 10.1 Å². The van der Waals surface area contributed by atoms with Crippen LogP contribution in [0.1, 0.15) is 49.8 Å². The minimum absolute atomic E-state index is 0.0931. The molecule has 0 spiro atoms. The molecule has 1 aliphatic carbocycles. The van der Waals surface area contributed by atoms with Crippen molar-refractivity contribution >= 4 is 11.6 Å². The summed E-state index contributed by atoms with van der Waals surface area (Å²) in [6.45, 7) is 4.09. The fourth-order valence-corrected chi connectivity index (χ4v) is 3.32. The molecule has 0 aliphatic heterocycles. The smallest absolute Gasteiger partial charge is 0.265 e. The van der Waals surface area contributed by atoms with Crippen molar-refractivity contribution in [2.24, 2.45) is 0 Å². The average Bonchev–Trinajstić information content (AvgIpc) is 2.66. The third kappa shape index (κ3) is 4.41. The van der Waals surface area contributed by atoms with E-state index in [4.69, 9.17) is 4.74 Å². The summed E-state index contributed by atoms with van der Waals surface area (Å²) in [5.74, 6) is 0.702. The molecule has 0 fully saturated rings. The summed E-state index contributed by atoms with van der Waals surface area (Å²) < 4.78 is 6.00. The molecule has 1 N–H and O–H groups in total. The first-order valence-corrected chi connectivity index (χ1v) is 9.38. The topological polar surface area (TPSA) is 38.3 Å². The normalized spacial score (nSPS) is 14.5. The van der Waals surface area contributed by atoms with E-state index in [1.165, 1.54) is 29.5 Å². The first-order chi connectivity index (χ1) is 12.2. The van der Waals surface area contributed by atoms with Crippen LogP contribution in [-0.2, 0) is 24.1 Å². The molecule has 0 saturated heterocycles. The molecule has 1 amide bonds. The molecular weight excluding hydrogens is 310 g/mol. The van der Waals surface area contributed by atoms with Crippen molar-refractivity contribution in [3.05, 3.63) is 59.2 Å². The fraction of sp³-hybridized carbons (Fsp3) is 0.409. The van der Waals surface area contributed by atoms with Gasteiger partial charge in [0, 0.05) is 5.69 Å². The Hall–Kier alpha value is -2.29. The number of carbonyl (C=O) groups excluding carboxylic acids is 1. The predicted octanol–water partition coefficient (Wildman–Crippen LogP) is 4.92.